The first-order chi connectivity index (χ1) is 13.0. The number of likely N-dealkylation sites (tertiary alicyclic amines) is 1. The van der Waals surface area contributed by atoms with Crippen LogP contribution in [-0.4, -0.2) is 43.5 Å². The van der Waals surface area contributed by atoms with Crippen molar-refractivity contribution < 1.29 is 13.7 Å². The van der Waals surface area contributed by atoms with Crippen LogP contribution >= 0.6 is 11.6 Å². The Balaban J connectivity index is 1.53. The molecule has 1 amide bonds. The summed E-state index contributed by atoms with van der Waals surface area (Å²) in [7, 11) is 0. The Kier molecular flexibility index (Phi) is 4.65. The summed E-state index contributed by atoms with van der Waals surface area (Å²) in [5.41, 5.74) is 1.01. The maximum absolute atomic E-state index is 13.0. The summed E-state index contributed by atoms with van der Waals surface area (Å²) in [4.78, 5) is 25.6. The van der Waals surface area contributed by atoms with Crippen LogP contribution in [-0.2, 0) is 0 Å². The first-order valence-electron chi connectivity index (χ1n) is 8.61. The van der Waals surface area contributed by atoms with Gasteiger partial charge >= 0.3 is 0 Å². The Morgan fingerprint density at radius 1 is 1.41 bits per heavy atom. The van der Waals surface area contributed by atoms with Gasteiger partial charge < -0.3 is 14.4 Å². The van der Waals surface area contributed by atoms with Crippen molar-refractivity contribution in [2.24, 2.45) is 0 Å². The van der Waals surface area contributed by atoms with E-state index in [9.17, 15) is 9.18 Å². The van der Waals surface area contributed by atoms with E-state index in [0.717, 1.165) is 12.8 Å². The number of carbonyl (C=O) groups is 1. The lowest BCUT2D eigenvalue weighted by molar-refractivity contribution is 0.0604. The molecule has 27 heavy (non-hydrogen) atoms. The van der Waals surface area contributed by atoms with Crippen molar-refractivity contribution in [1.29, 1.82) is 0 Å². The molecule has 7 nitrogen and oxygen atoms in total. The Bertz CT molecular complexity index is 955. The molecule has 3 aromatic heterocycles. The SMILES string of the molecule is C[C@@H]1CC[C@H](c2noc(-c3cc(Cl)c[nH]3)n2)CN1C(=O)c1ccc(F)nc1. The summed E-state index contributed by atoms with van der Waals surface area (Å²) in [6.45, 7) is 2.45. The van der Waals surface area contributed by atoms with Gasteiger partial charge in [-0.1, -0.05) is 16.8 Å². The van der Waals surface area contributed by atoms with E-state index in [-0.39, 0.29) is 17.9 Å². The van der Waals surface area contributed by atoms with E-state index in [2.05, 4.69) is 20.1 Å². The average Bonchev–Trinajstić information content (AvgIpc) is 3.31. The second-order valence-electron chi connectivity index (χ2n) is 6.64. The first kappa shape index (κ1) is 17.7. The van der Waals surface area contributed by atoms with Gasteiger partial charge in [0.25, 0.3) is 11.8 Å². The van der Waals surface area contributed by atoms with E-state index in [4.69, 9.17) is 16.1 Å². The van der Waals surface area contributed by atoms with Crippen LogP contribution in [0, 0.1) is 5.95 Å². The molecule has 0 spiro atoms. The van der Waals surface area contributed by atoms with Gasteiger partial charge in [-0.05, 0) is 38.0 Å². The van der Waals surface area contributed by atoms with Crippen molar-refractivity contribution in [3.63, 3.8) is 0 Å². The topological polar surface area (TPSA) is 87.9 Å². The van der Waals surface area contributed by atoms with E-state index < -0.39 is 5.95 Å². The van der Waals surface area contributed by atoms with Crippen LogP contribution in [0.25, 0.3) is 11.6 Å². The van der Waals surface area contributed by atoms with Crippen LogP contribution in [0.1, 0.15) is 41.9 Å². The van der Waals surface area contributed by atoms with Crippen LogP contribution in [0.15, 0.2) is 35.1 Å². The first-order valence-corrected chi connectivity index (χ1v) is 8.99. The predicted octanol–water partition coefficient (Wildman–Crippen LogP) is 3.66. The lowest BCUT2D eigenvalue weighted by Crippen LogP contribution is -2.45. The van der Waals surface area contributed by atoms with Crippen molar-refractivity contribution in [2.75, 3.05) is 6.54 Å². The molecule has 1 saturated heterocycles. The van der Waals surface area contributed by atoms with E-state index in [1.807, 2.05) is 6.92 Å². The van der Waals surface area contributed by atoms with Gasteiger partial charge in [0.1, 0.15) is 5.69 Å². The zero-order chi connectivity index (χ0) is 19.0. The molecule has 0 unspecified atom stereocenters. The number of hydrogen-bond donors (Lipinski definition) is 1. The van der Waals surface area contributed by atoms with Crippen molar-refractivity contribution in [3.8, 4) is 11.6 Å². The molecule has 1 N–H and O–H groups in total. The zero-order valence-corrected chi connectivity index (χ0v) is 15.3. The zero-order valence-electron chi connectivity index (χ0n) is 14.5. The van der Waals surface area contributed by atoms with Crippen LogP contribution in [0.3, 0.4) is 0 Å². The van der Waals surface area contributed by atoms with E-state index >= 15 is 0 Å². The fraction of sp³-hybridized carbons (Fsp3) is 0.333. The highest BCUT2D eigenvalue weighted by Gasteiger charge is 2.33. The summed E-state index contributed by atoms with van der Waals surface area (Å²) in [5.74, 6) is 0.0784. The molecule has 1 aliphatic rings. The van der Waals surface area contributed by atoms with Crippen LogP contribution in [0.5, 0.6) is 0 Å². The van der Waals surface area contributed by atoms with Gasteiger partial charge in [0, 0.05) is 30.9 Å². The molecule has 1 fully saturated rings. The van der Waals surface area contributed by atoms with E-state index in [1.165, 1.54) is 18.3 Å². The molecule has 3 aromatic rings. The average molecular weight is 390 g/mol. The standard InChI is InChI=1S/C18H17ClFN5O2/c1-10-2-3-12(9-25(10)18(26)11-4-5-15(20)22-7-11)16-23-17(27-24-16)14-6-13(19)8-21-14/h4-8,10,12,21H,2-3,9H2,1H3/t10-,12+/m1/s1. The minimum absolute atomic E-state index is 0.0403. The Labute approximate surface area is 159 Å². The number of nitrogens with one attached hydrogen (secondary N) is 1. The number of halogens is 2. The number of H-pyrrole nitrogens is 1. The van der Waals surface area contributed by atoms with Crippen LogP contribution in [0.4, 0.5) is 4.39 Å². The molecule has 1 aliphatic heterocycles. The number of pyridine rings is 1. The second-order valence-corrected chi connectivity index (χ2v) is 7.08. The summed E-state index contributed by atoms with van der Waals surface area (Å²) in [6.07, 6.45) is 4.55. The lowest BCUT2D eigenvalue weighted by Gasteiger charge is -2.37. The maximum Gasteiger partial charge on any atom is 0.274 e. The summed E-state index contributed by atoms with van der Waals surface area (Å²) in [5, 5.41) is 4.64. The van der Waals surface area contributed by atoms with Crippen LogP contribution < -0.4 is 0 Å². The van der Waals surface area contributed by atoms with E-state index in [1.54, 1.807) is 17.2 Å². The Morgan fingerprint density at radius 2 is 2.26 bits per heavy atom. The maximum atomic E-state index is 13.0. The summed E-state index contributed by atoms with van der Waals surface area (Å²) in [6, 6.07) is 4.40. The molecule has 4 rings (SSSR count). The fourth-order valence-corrected chi connectivity index (χ4v) is 3.43. The molecular weight excluding hydrogens is 373 g/mol. The highest BCUT2D eigenvalue weighted by molar-refractivity contribution is 6.30. The molecule has 2 atom stereocenters. The quantitative estimate of drug-likeness (QED) is 0.690. The Morgan fingerprint density at radius 3 is 2.96 bits per heavy atom. The second kappa shape index (κ2) is 7.11. The molecule has 140 valence electrons. The summed E-state index contributed by atoms with van der Waals surface area (Å²) < 4.78 is 18.4. The third kappa shape index (κ3) is 3.57. The fourth-order valence-electron chi connectivity index (χ4n) is 3.27. The van der Waals surface area contributed by atoms with Gasteiger partial charge in [-0.15, -0.1) is 0 Å². The number of amides is 1. The van der Waals surface area contributed by atoms with Gasteiger partial charge in [-0.2, -0.15) is 9.37 Å². The van der Waals surface area contributed by atoms with Crippen molar-refractivity contribution in [3.05, 3.63) is 53.0 Å². The van der Waals surface area contributed by atoms with Gasteiger partial charge in [-0.25, -0.2) is 4.98 Å². The number of aromatic nitrogens is 4. The highest BCUT2D eigenvalue weighted by Crippen LogP contribution is 2.31. The smallest absolute Gasteiger partial charge is 0.274 e. The van der Waals surface area contributed by atoms with Crippen molar-refractivity contribution in [1.82, 2.24) is 25.0 Å². The number of hydrogen-bond acceptors (Lipinski definition) is 5. The molecule has 4 heterocycles. The molecule has 0 bridgehead atoms. The van der Waals surface area contributed by atoms with E-state index in [0.29, 0.717) is 34.5 Å². The van der Waals surface area contributed by atoms with Crippen LogP contribution in [0.2, 0.25) is 5.02 Å². The molecular formula is C18H17ClFN5O2. The minimum atomic E-state index is -0.611. The Hall–Kier alpha value is -2.74. The number of rotatable bonds is 3. The summed E-state index contributed by atoms with van der Waals surface area (Å²) >= 11 is 5.91. The molecule has 0 aliphatic carbocycles. The highest BCUT2D eigenvalue weighted by atomic mass is 35.5. The number of nitrogens with zero attached hydrogens (tertiary/aromatic N) is 4. The molecule has 0 radical (unpaired) electrons. The van der Waals surface area contributed by atoms with Crippen molar-refractivity contribution in [2.45, 2.75) is 31.7 Å². The molecule has 9 heteroatoms. The minimum Gasteiger partial charge on any atom is -0.356 e. The van der Waals surface area contributed by atoms with Gasteiger partial charge in [0.15, 0.2) is 5.82 Å². The largest absolute Gasteiger partial charge is 0.356 e. The monoisotopic (exact) mass is 389 g/mol. The van der Waals surface area contributed by atoms with Gasteiger partial charge in [0.05, 0.1) is 10.6 Å². The molecule has 0 saturated carbocycles. The number of piperidine rings is 1. The van der Waals surface area contributed by atoms with Gasteiger partial charge in [-0.3, -0.25) is 4.79 Å². The number of carbonyl (C=O) groups excluding carboxylic acids is 1. The third-order valence-corrected chi connectivity index (χ3v) is 5.02. The predicted molar refractivity (Wildman–Crippen MR) is 95.8 cm³/mol. The van der Waals surface area contributed by atoms with Crippen molar-refractivity contribution >= 4 is 17.5 Å². The van der Waals surface area contributed by atoms with Gasteiger partial charge in [0.2, 0.25) is 5.95 Å². The number of aromatic amines is 1. The lowest BCUT2D eigenvalue weighted by atomic mass is 9.92. The normalized spacial score (nSPS) is 20.0. The molecule has 0 aromatic carbocycles. The third-order valence-electron chi connectivity index (χ3n) is 4.80.